The Morgan fingerprint density at radius 2 is 1.78 bits per heavy atom. The summed E-state index contributed by atoms with van der Waals surface area (Å²) in [4.78, 5) is 4.29. The van der Waals surface area contributed by atoms with E-state index in [9.17, 15) is 8.78 Å². The summed E-state index contributed by atoms with van der Waals surface area (Å²) in [7, 11) is 1.61. The van der Waals surface area contributed by atoms with Crippen molar-refractivity contribution in [2.45, 2.75) is 33.2 Å². The van der Waals surface area contributed by atoms with Crippen LogP contribution >= 0.6 is 11.6 Å². The van der Waals surface area contributed by atoms with E-state index in [1.54, 1.807) is 25.7 Å². The van der Waals surface area contributed by atoms with Crippen LogP contribution in [0.1, 0.15) is 36.2 Å². The van der Waals surface area contributed by atoms with Crippen LogP contribution in [0.5, 0.6) is 5.75 Å². The number of hydrogen-bond donors (Lipinski definition) is 0. The maximum Gasteiger partial charge on any atom is 0.165 e. The zero-order chi connectivity index (χ0) is 25.6. The lowest BCUT2D eigenvalue weighted by molar-refractivity contribution is 0.413. The predicted octanol–water partition coefficient (Wildman–Crippen LogP) is 6.79. The van der Waals surface area contributed by atoms with E-state index in [1.807, 2.05) is 47.4 Å². The lowest BCUT2D eigenvalue weighted by Crippen LogP contribution is -2.14. The van der Waals surface area contributed by atoms with Gasteiger partial charge in [-0.05, 0) is 56.2 Å². The average Bonchev–Trinajstić information content (AvgIpc) is 3.48. The highest BCUT2D eigenvalue weighted by Crippen LogP contribution is 2.39. The molecule has 0 N–H and O–H groups in total. The minimum atomic E-state index is -0.586. The Bertz CT molecular complexity index is 1520. The SMILES string of the molecule is CC[C@@H](c1cc(F)c(C)c(F)c1)n1cc(Cl)cc2c(-c3ccc(-n4cnc(C)c4)c(OC)c3)nnc1-2. The minimum Gasteiger partial charge on any atom is -0.495 e. The van der Waals surface area contributed by atoms with Crippen molar-refractivity contribution >= 4 is 11.6 Å². The molecule has 0 unspecified atom stereocenters. The summed E-state index contributed by atoms with van der Waals surface area (Å²) in [5.41, 5.74) is 4.38. The average molecular weight is 508 g/mol. The van der Waals surface area contributed by atoms with Crippen LogP contribution in [0.25, 0.3) is 28.3 Å². The van der Waals surface area contributed by atoms with Gasteiger partial charge in [0.05, 0.1) is 35.9 Å². The number of aromatic nitrogens is 5. The number of benzene rings is 2. The van der Waals surface area contributed by atoms with E-state index in [0.29, 0.717) is 34.3 Å². The third-order valence-corrected chi connectivity index (χ3v) is 6.59. The van der Waals surface area contributed by atoms with Crippen LogP contribution in [0.3, 0.4) is 0 Å². The molecule has 0 bridgehead atoms. The fraction of sp³-hybridized carbons (Fsp3) is 0.222. The molecular formula is C27H24ClF2N5O. The van der Waals surface area contributed by atoms with Gasteiger partial charge in [-0.3, -0.25) is 0 Å². The summed E-state index contributed by atoms with van der Waals surface area (Å²) in [6, 6.07) is 9.90. The van der Waals surface area contributed by atoms with Crippen molar-refractivity contribution in [1.82, 2.24) is 24.3 Å². The summed E-state index contributed by atoms with van der Waals surface area (Å²) >= 11 is 6.52. The van der Waals surface area contributed by atoms with E-state index < -0.39 is 11.6 Å². The molecule has 2 aliphatic rings. The molecule has 5 rings (SSSR count). The first-order valence-electron chi connectivity index (χ1n) is 11.5. The van der Waals surface area contributed by atoms with Crippen molar-refractivity contribution in [1.29, 1.82) is 0 Å². The number of hydrogen-bond acceptors (Lipinski definition) is 4. The number of pyridine rings is 1. The second-order valence-electron chi connectivity index (χ2n) is 8.69. The number of rotatable bonds is 6. The van der Waals surface area contributed by atoms with E-state index in [-0.39, 0.29) is 11.6 Å². The van der Waals surface area contributed by atoms with Crippen molar-refractivity contribution in [3.63, 3.8) is 0 Å². The molecule has 0 fully saturated rings. The zero-order valence-electron chi connectivity index (χ0n) is 20.3. The Balaban J connectivity index is 1.59. The monoisotopic (exact) mass is 507 g/mol. The van der Waals surface area contributed by atoms with E-state index in [2.05, 4.69) is 15.2 Å². The maximum absolute atomic E-state index is 14.4. The van der Waals surface area contributed by atoms with E-state index in [1.165, 1.54) is 19.1 Å². The normalized spacial score (nSPS) is 12.3. The van der Waals surface area contributed by atoms with Crippen molar-refractivity contribution < 1.29 is 13.5 Å². The highest BCUT2D eigenvalue weighted by atomic mass is 35.5. The Labute approximate surface area is 212 Å². The van der Waals surface area contributed by atoms with E-state index >= 15 is 0 Å². The number of halogens is 3. The van der Waals surface area contributed by atoms with Crippen LogP contribution < -0.4 is 4.74 Å². The molecule has 0 amide bonds. The molecule has 2 aromatic carbocycles. The highest BCUT2D eigenvalue weighted by molar-refractivity contribution is 6.30. The van der Waals surface area contributed by atoms with Gasteiger partial charge in [-0.25, -0.2) is 13.8 Å². The molecular weight excluding hydrogens is 484 g/mol. The van der Waals surface area contributed by atoms with Crippen LogP contribution in [0.15, 0.2) is 55.1 Å². The molecule has 3 aromatic rings. The molecule has 2 aliphatic heterocycles. The maximum atomic E-state index is 14.4. The molecule has 9 heteroatoms. The Kier molecular flexibility index (Phi) is 6.22. The first-order chi connectivity index (χ1) is 17.3. The standard InChI is InChI=1S/C27H24ClF2N5O/c1-5-23(18-8-21(29)16(3)22(30)9-18)35-13-19(28)11-20-26(32-33-27(20)35)17-6-7-24(25(10-17)36-4)34-12-15(2)31-14-34/h6-14,23H,5H2,1-4H3/t23-/m0/s1. The van der Waals surface area contributed by atoms with Crippen LogP contribution in [0.2, 0.25) is 5.02 Å². The van der Waals surface area contributed by atoms with Crippen LogP contribution in [-0.2, 0) is 0 Å². The molecule has 3 heterocycles. The fourth-order valence-electron chi connectivity index (χ4n) is 4.50. The molecule has 1 aromatic heterocycles. The molecule has 0 radical (unpaired) electrons. The summed E-state index contributed by atoms with van der Waals surface area (Å²) in [5, 5.41) is 9.36. The van der Waals surface area contributed by atoms with Gasteiger partial charge in [-0.15, -0.1) is 10.2 Å². The van der Waals surface area contributed by atoms with Gasteiger partial charge in [-0.2, -0.15) is 0 Å². The molecule has 1 atom stereocenters. The lowest BCUT2D eigenvalue weighted by Gasteiger charge is -2.23. The second-order valence-corrected chi connectivity index (χ2v) is 9.13. The summed E-state index contributed by atoms with van der Waals surface area (Å²) in [6.07, 6.45) is 5.93. The third-order valence-electron chi connectivity index (χ3n) is 6.38. The topological polar surface area (TPSA) is 57.8 Å². The number of ether oxygens (including phenoxy) is 1. The molecule has 0 saturated heterocycles. The number of aryl methyl sites for hydroxylation is 1. The van der Waals surface area contributed by atoms with Crippen LogP contribution in [0.4, 0.5) is 8.78 Å². The fourth-order valence-corrected chi connectivity index (χ4v) is 4.71. The zero-order valence-corrected chi connectivity index (χ0v) is 21.0. The van der Waals surface area contributed by atoms with Crippen molar-refractivity contribution in [3.8, 4) is 34.1 Å². The first-order valence-corrected chi connectivity index (χ1v) is 11.9. The van der Waals surface area contributed by atoms with Crippen LogP contribution in [0, 0.1) is 25.5 Å². The molecule has 0 spiro atoms. The van der Waals surface area contributed by atoms with Gasteiger partial charge in [0.1, 0.15) is 23.1 Å². The van der Waals surface area contributed by atoms with Crippen molar-refractivity contribution in [2.24, 2.45) is 0 Å². The van der Waals surface area contributed by atoms with Gasteiger partial charge in [0.15, 0.2) is 5.82 Å². The molecule has 184 valence electrons. The number of imidazole rings is 1. The van der Waals surface area contributed by atoms with Gasteiger partial charge >= 0.3 is 0 Å². The Morgan fingerprint density at radius 1 is 1.03 bits per heavy atom. The quantitative estimate of drug-likeness (QED) is 0.254. The third kappa shape index (κ3) is 4.11. The van der Waals surface area contributed by atoms with Crippen molar-refractivity contribution in [2.75, 3.05) is 7.11 Å². The lowest BCUT2D eigenvalue weighted by atomic mass is 10.00. The minimum absolute atomic E-state index is 0.00604. The highest BCUT2D eigenvalue weighted by Gasteiger charge is 2.25. The van der Waals surface area contributed by atoms with Gasteiger partial charge in [0.2, 0.25) is 0 Å². The summed E-state index contributed by atoms with van der Waals surface area (Å²) < 4.78 is 38.1. The molecule has 6 nitrogen and oxygen atoms in total. The first kappa shape index (κ1) is 23.9. The van der Waals surface area contributed by atoms with Gasteiger partial charge in [0, 0.05) is 29.1 Å². The molecule has 0 aliphatic carbocycles. The number of nitrogens with zero attached hydrogens (tertiary/aromatic N) is 5. The van der Waals surface area contributed by atoms with Gasteiger partial charge in [-0.1, -0.05) is 24.6 Å². The number of fused-ring (bicyclic) bond motifs is 1. The number of methoxy groups -OCH3 is 1. The predicted molar refractivity (Wildman–Crippen MR) is 135 cm³/mol. The van der Waals surface area contributed by atoms with E-state index in [4.69, 9.17) is 16.3 Å². The molecule has 36 heavy (non-hydrogen) atoms. The largest absolute Gasteiger partial charge is 0.495 e. The van der Waals surface area contributed by atoms with Crippen LogP contribution in [-0.4, -0.2) is 31.4 Å². The Hall–Kier alpha value is -3.78. The van der Waals surface area contributed by atoms with Gasteiger partial charge < -0.3 is 13.9 Å². The smallest absolute Gasteiger partial charge is 0.165 e. The Morgan fingerprint density at radius 3 is 2.42 bits per heavy atom. The summed E-state index contributed by atoms with van der Waals surface area (Å²) in [5.74, 6) is 0.0395. The molecule has 0 saturated carbocycles. The second kappa shape index (κ2) is 9.35. The van der Waals surface area contributed by atoms with E-state index in [0.717, 1.165) is 22.5 Å². The summed E-state index contributed by atoms with van der Waals surface area (Å²) in [6.45, 7) is 5.28. The van der Waals surface area contributed by atoms with Gasteiger partial charge in [0.25, 0.3) is 0 Å². The van der Waals surface area contributed by atoms with Crippen molar-refractivity contribution in [3.05, 3.63) is 88.6 Å².